The van der Waals surface area contributed by atoms with E-state index in [1.807, 2.05) is 30.3 Å². The van der Waals surface area contributed by atoms with E-state index in [0.29, 0.717) is 25.1 Å². The number of carbonyl (C=O) groups is 3. The molecule has 2 aromatic rings. The summed E-state index contributed by atoms with van der Waals surface area (Å²) in [5, 5.41) is 11.9. The van der Waals surface area contributed by atoms with Gasteiger partial charge in [-0.3, -0.25) is 14.4 Å². The fraction of sp³-hybridized carbons (Fsp3) is 0.318. The topological polar surface area (TPSA) is 86.7 Å². The van der Waals surface area contributed by atoms with Gasteiger partial charge in [-0.05, 0) is 49.1 Å². The lowest BCUT2D eigenvalue weighted by Gasteiger charge is -2.21. The van der Waals surface area contributed by atoms with Gasteiger partial charge < -0.3 is 15.3 Å². The minimum atomic E-state index is -0.934. The molecule has 3 rings (SSSR count). The molecule has 0 bridgehead atoms. The van der Waals surface area contributed by atoms with E-state index in [2.05, 4.69) is 5.32 Å². The molecule has 1 aliphatic heterocycles. The van der Waals surface area contributed by atoms with Crippen molar-refractivity contribution in [3.05, 3.63) is 66.0 Å². The van der Waals surface area contributed by atoms with Crippen LogP contribution in [0.3, 0.4) is 0 Å². The molecular weight excluding hydrogens is 375 g/mol. The predicted molar refractivity (Wildman–Crippen MR) is 106 cm³/mol. The highest BCUT2D eigenvalue weighted by Gasteiger charge is 2.38. The second-order valence-electron chi connectivity index (χ2n) is 7.14. The van der Waals surface area contributed by atoms with Gasteiger partial charge in [0.1, 0.15) is 11.7 Å². The molecule has 6 nitrogen and oxygen atoms in total. The van der Waals surface area contributed by atoms with Crippen molar-refractivity contribution in [1.29, 1.82) is 0 Å². The first-order valence-electron chi connectivity index (χ1n) is 9.57. The lowest BCUT2D eigenvalue weighted by Crippen LogP contribution is -2.43. The Morgan fingerprint density at radius 1 is 1.14 bits per heavy atom. The molecule has 2 amide bonds. The van der Waals surface area contributed by atoms with Crippen LogP contribution in [0.2, 0.25) is 0 Å². The molecule has 2 N–H and O–H groups in total. The summed E-state index contributed by atoms with van der Waals surface area (Å²) in [4.78, 5) is 37.9. The number of hydrogen-bond donors (Lipinski definition) is 2. The summed E-state index contributed by atoms with van der Waals surface area (Å²) in [6.07, 6.45) is 1.05. The molecule has 0 aliphatic carbocycles. The summed E-state index contributed by atoms with van der Waals surface area (Å²) in [5.74, 6) is -2.88. The number of aliphatic carboxylic acids is 1. The quantitative estimate of drug-likeness (QED) is 0.670. The number of benzene rings is 2. The molecule has 152 valence electrons. The summed E-state index contributed by atoms with van der Waals surface area (Å²) >= 11 is 0. The highest BCUT2D eigenvalue weighted by atomic mass is 19.1. The third-order valence-electron chi connectivity index (χ3n) is 5.04. The lowest BCUT2D eigenvalue weighted by molar-refractivity contribution is -0.138. The maximum atomic E-state index is 13.1. The number of rotatable bonds is 8. The third kappa shape index (κ3) is 5.40. The van der Waals surface area contributed by atoms with Gasteiger partial charge in [0.2, 0.25) is 11.8 Å². The van der Waals surface area contributed by atoms with Gasteiger partial charge in [0, 0.05) is 24.7 Å². The first-order chi connectivity index (χ1) is 13.9. The fourth-order valence-electron chi connectivity index (χ4n) is 3.52. The average molecular weight is 398 g/mol. The Labute approximate surface area is 168 Å². The highest BCUT2D eigenvalue weighted by Crippen LogP contribution is 2.26. The third-order valence-corrected chi connectivity index (χ3v) is 5.04. The van der Waals surface area contributed by atoms with Crippen LogP contribution in [0.15, 0.2) is 54.6 Å². The van der Waals surface area contributed by atoms with E-state index < -0.39 is 23.6 Å². The van der Waals surface area contributed by atoms with E-state index in [4.69, 9.17) is 5.11 Å². The van der Waals surface area contributed by atoms with E-state index >= 15 is 0 Å². The number of anilines is 1. The minimum absolute atomic E-state index is 0.0713. The van der Waals surface area contributed by atoms with Crippen LogP contribution in [0.4, 0.5) is 10.1 Å². The summed E-state index contributed by atoms with van der Waals surface area (Å²) in [6.45, 7) is 0.376. The summed E-state index contributed by atoms with van der Waals surface area (Å²) in [7, 11) is 0. The predicted octanol–water partition coefficient (Wildman–Crippen LogP) is 2.77. The normalized spacial score (nSPS) is 17.2. The van der Waals surface area contributed by atoms with E-state index in [1.165, 1.54) is 29.2 Å². The van der Waals surface area contributed by atoms with Crippen LogP contribution in [0.5, 0.6) is 0 Å². The molecule has 2 aromatic carbocycles. The van der Waals surface area contributed by atoms with Crippen LogP contribution in [-0.2, 0) is 20.8 Å². The Morgan fingerprint density at radius 3 is 2.48 bits per heavy atom. The largest absolute Gasteiger partial charge is 0.481 e. The lowest BCUT2D eigenvalue weighted by atomic mass is 10.00. The Balaban J connectivity index is 1.66. The van der Waals surface area contributed by atoms with Crippen molar-refractivity contribution in [2.75, 3.05) is 11.4 Å². The zero-order chi connectivity index (χ0) is 20.8. The second-order valence-corrected chi connectivity index (χ2v) is 7.14. The van der Waals surface area contributed by atoms with E-state index in [1.54, 1.807) is 0 Å². The Hall–Kier alpha value is -3.22. The van der Waals surface area contributed by atoms with Crippen LogP contribution in [0.1, 0.15) is 24.8 Å². The van der Waals surface area contributed by atoms with Gasteiger partial charge in [-0.25, -0.2) is 4.39 Å². The van der Waals surface area contributed by atoms with Crippen molar-refractivity contribution in [2.45, 2.75) is 31.7 Å². The average Bonchev–Trinajstić information content (AvgIpc) is 3.09. The number of nitrogens with zero attached hydrogens (tertiary/aromatic N) is 1. The van der Waals surface area contributed by atoms with E-state index in [9.17, 15) is 18.8 Å². The maximum absolute atomic E-state index is 13.1. The molecule has 0 saturated carbocycles. The van der Waals surface area contributed by atoms with Crippen molar-refractivity contribution < 1.29 is 23.9 Å². The molecule has 1 aliphatic rings. The van der Waals surface area contributed by atoms with Crippen LogP contribution >= 0.6 is 0 Å². The summed E-state index contributed by atoms with van der Waals surface area (Å²) < 4.78 is 13.1. The smallest absolute Gasteiger partial charge is 0.303 e. The molecule has 1 heterocycles. The van der Waals surface area contributed by atoms with E-state index in [0.717, 1.165) is 5.56 Å². The number of carbonyl (C=O) groups excluding carboxylic acids is 2. The van der Waals surface area contributed by atoms with Crippen molar-refractivity contribution in [3.8, 4) is 0 Å². The number of hydrogen-bond acceptors (Lipinski definition) is 3. The minimum Gasteiger partial charge on any atom is -0.481 e. The summed E-state index contributed by atoms with van der Waals surface area (Å²) in [5.41, 5.74) is 1.53. The zero-order valence-corrected chi connectivity index (χ0v) is 15.9. The molecule has 7 heteroatoms. The SMILES string of the molecule is O=C(O)CCC(Cc1ccccc1)NC(=O)C1CCN(c2ccc(F)cc2)C1=O. The number of carboxylic acids is 1. The Kier molecular flexibility index (Phi) is 6.59. The molecule has 0 spiro atoms. The van der Waals surface area contributed by atoms with Gasteiger partial charge in [-0.15, -0.1) is 0 Å². The molecule has 0 aromatic heterocycles. The van der Waals surface area contributed by atoms with Crippen LogP contribution < -0.4 is 10.2 Å². The van der Waals surface area contributed by atoms with Gasteiger partial charge in [-0.2, -0.15) is 0 Å². The van der Waals surface area contributed by atoms with Crippen LogP contribution in [-0.4, -0.2) is 35.5 Å². The van der Waals surface area contributed by atoms with Crippen molar-refractivity contribution in [3.63, 3.8) is 0 Å². The van der Waals surface area contributed by atoms with Crippen molar-refractivity contribution >= 4 is 23.5 Å². The van der Waals surface area contributed by atoms with Crippen molar-refractivity contribution in [2.24, 2.45) is 5.92 Å². The van der Waals surface area contributed by atoms with Gasteiger partial charge in [0.05, 0.1) is 0 Å². The molecule has 2 atom stereocenters. The van der Waals surface area contributed by atoms with Crippen molar-refractivity contribution in [1.82, 2.24) is 5.32 Å². The Morgan fingerprint density at radius 2 is 1.83 bits per heavy atom. The molecule has 1 fully saturated rings. The summed E-state index contributed by atoms with van der Waals surface area (Å²) in [6, 6.07) is 14.7. The van der Waals surface area contributed by atoms with Gasteiger partial charge in [0.15, 0.2) is 0 Å². The monoisotopic (exact) mass is 398 g/mol. The zero-order valence-electron chi connectivity index (χ0n) is 15.9. The molecule has 29 heavy (non-hydrogen) atoms. The van der Waals surface area contributed by atoms with Gasteiger partial charge in [-0.1, -0.05) is 30.3 Å². The second kappa shape index (κ2) is 9.32. The number of nitrogens with one attached hydrogen (secondary N) is 1. The Bertz CT molecular complexity index is 870. The number of amides is 2. The number of halogens is 1. The molecule has 2 unspecified atom stereocenters. The van der Waals surface area contributed by atoms with Crippen LogP contribution in [0.25, 0.3) is 0 Å². The first kappa shape index (κ1) is 20.5. The molecule has 0 radical (unpaired) electrons. The number of carboxylic acid groups (broad SMARTS) is 1. The highest BCUT2D eigenvalue weighted by molar-refractivity contribution is 6.09. The fourth-order valence-corrected chi connectivity index (χ4v) is 3.52. The van der Waals surface area contributed by atoms with Crippen LogP contribution in [0, 0.1) is 11.7 Å². The maximum Gasteiger partial charge on any atom is 0.303 e. The van der Waals surface area contributed by atoms with Gasteiger partial charge in [0.25, 0.3) is 0 Å². The molecular formula is C22H23FN2O4. The van der Waals surface area contributed by atoms with E-state index in [-0.39, 0.29) is 24.8 Å². The first-order valence-corrected chi connectivity index (χ1v) is 9.57. The standard InChI is InChI=1S/C22H23FN2O4/c23-16-6-9-18(10-7-16)25-13-12-19(22(25)29)21(28)24-17(8-11-20(26)27)14-15-4-2-1-3-5-15/h1-7,9-10,17,19H,8,11-14H2,(H,24,28)(H,26,27). The van der Waals surface area contributed by atoms with Gasteiger partial charge >= 0.3 is 5.97 Å². The molecule has 1 saturated heterocycles.